The first-order valence-electron chi connectivity index (χ1n) is 5.11. The molecule has 4 heteroatoms. The van der Waals surface area contributed by atoms with Crippen LogP contribution in [0.3, 0.4) is 0 Å². The fourth-order valence-corrected chi connectivity index (χ4v) is 1.60. The van der Waals surface area contributed by atoms with Crippen molar-refractivity contribution in [3.8, 4) is 0 Å². The molecule has 0 spiro atoms. The van der Waals surface area contributed by atoms with Gasteiger partial charge in [-0.1, -0.05) is 17.3 Å². The zero-order chi connectivity index (χ0) is 11.7. The Morgan fingerprint density at radius 3 is 2.75 bits per heavy atom. The molecule has 0 aromatic heterocycles. The summed E-state index contributed by atoms with van der Waals surface area (Å²) in [7, 11) is 0. The third kappa shape index (κ3) is 1.91. The maximum Gasteiger partial charge on any atom is 0.348 e. The molecule has 1 N–H and O–H groups in total. The molecule has 0 radical (unpaired) electrons. The molecule has 0 saturated carbocycles. The van der Waals surface area contributed by atoms with E-state index in [1.165, 1.54) is 11.1 Å². The zero-order valence-corrected chi connectivity index (χ0v) is 9.23. The van der Waals surface area contributed by atoms with E-state index in [4.69, 9.17) is 9.94 Å². The third-order valence-corrected chi connectivity index (χ3v) is 2.78. The van der Waals surface area contributed by atoms with Gasteiger partial charge >= 0.3 is 5.97 Å². The van der Waals surface area contributed by atoms with Crippen molar-refractivity contribution in [3.63, 3.8) is 0 Å². The van der Waals surface area contributed by atoms with Crippen LogP contribution in [0.25, 0.3) is 0 Å². The number of carboxylic acids is 1. The van der Waals surface area contributed by atoms with Gasteiger partial charge in [0.25, 0.3) is 0 Å². The number of benzene rings is 1. The highest BCUT2D eigenvalue weighted by Crippen LogP contribution is 2.19. The highest BCUT2D eigenvalue weighted by molar-refractivity contribution is 6.03. The van der Waals surface area contributed by atoms with Gasteiger partial charge < -0.3 is 9.94 Å². The van der Waals surface area contributed by atoms with Crippen molar-refractivity contribution < 1.29 is 14.7 Å². The van der Waals surface area contributed by atoms with Crippen LogP contribution in [0.2, 0.25) is 0 Å². The molecule has 16 heavy (non-hydrogen) atoms. The molecule has 1 aromatic carbocycles. The van der Waals surface area contributed by atoms with E-state index >= 15 is 0 Å². The van der Waals surface area contributed by atoms with Crippen LogP contribution in [0.5, 0.6) is 0 Å². The lowest BCUT2D eigenvalue weighted by atomic mass is 10.0. The summed E-state index contributed by atoms with van der Waals surface area (Å²) in [6, 6.07) is 5.94. The van der Waals surface area contributed by atoms with E-state index in [-0.39, 0.29) is 0 Å². The van der Waals surface area contributed by atoms with E-state index in [9.17, 15) is 4.79 Å². The van der Waals surface area contributed by atoms with E-state index < -0.39 is 12.1 Å². The number of aryl methyl sites for hydroxylation is 2. The van der Waals surface area contributed by atoms with Crippen molar-refractivity contribution in [1.82, 2.24) is 0 Å². The number of nitrogens with zero attached hydrogens (tertiary/aromatic N) is 1. The van der Waals surface area contributed by atoms with E-state index in [0.29, 0.717) is 12.1 Å². The molecule has 0 saturated heterocycles. The van der Waals surface area contributed by atoms with Gasteiger partial charge in [-0.25, -0.2) is 4.79 Å². The minimum atomic E-state index is -0.970. The van der Waals surface area contributed by atoms with Gasteiger partial charge in [0.15, 0.2) is 0 Å². The Morgan fingerprint density at radius 2 is 2.19 bits per heavy atom. The molecular formula is C12H13NO3. The predicted octanol–water partition coefficient (Wildman–Crippen LogP) is 1.88. The van der Waals surface area contributed by atoms with Crippen LogP contribution in [-0.2, 0) is 9.63 Å². The first-order valence-corrected chi connectivity index (χ1v) is 5.11. The molecule has 84 valence electrons. The van der Waals surface area contributed by atoms with Gasteiger partial charge in [0.2, 0.25) is 6.10 Å². The molecule has 1 atom stereocenters. The molecule has 2 rings (SSSR count). The molecule has 1 aliphatic heterocycles. The van der Waals surface area contributed by atoms with Crippen LogP contribution in [0.1, 0.15) is 23.1 Å². The van der Waals surface area contributed by atoms with Crippen LogP contribution in [0.4, 0.5) is 0 Å². The molecule has 0 bridgehead atoms. The van der Waals surface area contributed by atoms with Gasteiger partial charge in [-0.05, 0) is 36.6 Å². The first kappa shape index (κ1) is 10.7. The maximum absolute atomic E-state index is 10.7. The Balaban J connectivity index is 2.21. The molecule has 0 amide bonds. The number of hydrogen-bond donors (Lipinski definition) is 1. The van der Waals surface area contributed by atoms with Crippen LogP contribution >= 0.6 is 0 Å². The molecular weight excluding hydrogens is 206 g/mol. The van der Waals surface area contributed by atoms with Crippen molar-refractivity contribution in [1.29, 1.82) is 0 Å². The van der Waals surface area contributed by atoms with Crippen molar-refractivity contribution in [2.75, 3.05) is 0 Å². The Kier molecular flexibility index (Phi) is 2.64. The summed E-state index contributed by atoms with van der Waals surface area (Å²) < 4.78 is 0. The lowest BCUT2D eigenvalue weighted by Crippen LogP contribution is -2.19. The molecule has 1 heterocycles. The van der Waals surface area contributed by atoms with E-state index in [0.717, 1.165) is 5.56 Å². The van der Waals surface area contributed by atoms with Crippen molar-refractivity contribution >= 4 is 11.7 Å². The quantitative estimate of drug-likeness (QED) is 0.826. The molecule has 1 aliphatic rings. The summed E-state index contributed by atoms with van der Waals surface area (Å²) in [6.07, 6.45) is -0.505. The summed E-state index contributed by atoms with van der Waals surface area (Å²) >= 11 is 0. The largest absolute Gasteiger partial charge is 0.478 e. The highest BCUT2D eigenvalue weighted by Gasteiger charge is 2.28. The number of hydrogen-bond acceptors (Lipinski definition) is 3. The Morgan fingerprint density at radius 1 is 1.44 bits per heavy atom. The van der Waals surface area contributed by atoms with Crippen LogP contribution in [-0.4, -0.2) is 22.9 Å². The second kappa shape index (κ2) is 3.96. The summed E-state index contributed by atoms with van der Waals surface area (Å²) in [5.74, 6) is -0.970. The summed E-state index contributed by atoms with van der Waals surface area (Å²) in [4.78, 5) is 15.5. The topological polar surface area (TPSA) is 58.9 Å². The average Bonchev–Trinajstić information content (AvgIpc) is 2.71. The lowest BCUT2D eigenvalue weighted by Gasteiger charge is -2.03. The zero-order valence-electron chi connectivity index (χ0n) is 9.23. The van der Waals surface area contributed by atoms with Crippen LogP contribution < -0.4 is 0 Å². The van der Waals surface area contributed by atoms with Gasteiger partial charge in [-0.3, -0.25) is 0 Å². The average molecular weight is 219 g/mol. The van der Waals surface area contributed by atoms with Gasteiger partial charge in [0.1, 0.15) is 0 Å². The summed E-state index contributed by atoms with van der Waals surface area (Å²) in [5.41, 5.74) is 4.01. The van der Waals surface area contributed by atoms with Crippen molar-refractivity contribution in [2.24, 2.45) is 5.16 Å². The normalized spacial score (nSPS) is 19.1. The number of oxime groups is 1. The lowest BCUT2D eigenvalue weighted by molar-refractivity contribution is -0.148. The number of rotatable bonds is 2. The summed E-state index contributed by atoms with van der Waals surface area (Å²) in [5, 5.41) is 12.6. The van der Waals surface area contributed by atoms with Gasteiger partial charge in [0, 0.05) is 6.42 Å². The smallest absolute Gasteiger partial charge is 0.348 e. The minimum absolute atomic E-state index is 0.331. The molecule has 0 fully saturated rings. The summed E-state index contributed by atoms with van der Waals surface area (Å²) in [6.45, 7) is 4.05. The number of aliphatic carboxylic acids is 1. The van der Waals surface area contributed by atoms with Gasteiger partial charge in [-0.2, -0.15) is 0 Å². The number of carboxylic acid groups (broad SMARTS) is 1. The van der Waals surface area contributed by atoms with Crippen LogP contribution in [0, 0.1) is 13.8 Å². The Bertz CT molecular complexity index is 465. The first-order chi connectivity index (χ1) is 7.58. The second-order valence-corrected chi connectivity index (χ2v) is 3.97. The standard InChI is InChI=1S/C12H13NO3/c1-7-3-4-9(5-8(7)2)10-6-11(12(14)15)16-13-10/h3-5,11H,6H2,1-2H3,(H,14,15). The number of carbonyl (C=O) groups is 1. The maximum atomic E-state index is 10.7. The molecule has 0 aliphatic carbocycles. The van der Waals surface area contributed by atoms with E-state index in [2.05, 4.69) is 5.16 Å². The Hall–Kier alpha value is -1.84. The van der Waals surface area contributed by atoms with Gasteiger partial charge in [-0.15, -0.1) is 0 Å². The van der Waals surface area contributed by atoms with Crippen LogP contribution in [0.15, 0.2) is 23.4 Å². The fraction of sp³-hybridized carbons (Fsp3) is 0.333. The molecule has 1 unspecified atom stereocenters. The second-order valence-electron chi connectivity index (χ2n) is 3.97. The van der Waals surface area contributed by atoms with Crippen molar-refractivity contribution in [3.05, 3.63) is 34.9 Å². The molecule has 4 nitrogen and oxygen atoms in total. The Labute approximate surface area is 93.5 Å². The fourth-order valence-electron chi connectivity index (χ4n) is 1.60. The highest BCUT2D eigenvalue weighted by atomic mass is 16.7. The van der Waals surface area contributed by atoms with E-state index in [1.807, 2.05) is 32.0 Å². The minimum Gasteiger partial charge on any atom is -0.478 e. The monoisotopic (exact) mass is 219 g/mol. The predicted molar refractivity (Wildman–Crippen MR) is 59.6 cm³/mol. The van der Waals surface area contributed by atoms with Gasteiger partial charge in [0.05, 0.1) is 5.71 Å². The molecule has 1 aromatic rings. The third-order valence-electron chi connectivity index (χ3n) is 2.78. The van der Waals surface area contributed by atoms with E-state index in [1.54, 1.807) is 0 Å². The van der Waals surface area contributed by atoms with Crippen molar-refractivity contribution in [2.45, 2.75) is 26.4 Å². The SMILES string of the molecule is Cc1ccc(C2=NOC(C(=O)O)C2)cc1C.